The SMILES string of the molecule is CC.CO.COc1cc(C(=O)NC(C=O)CCS)cc(OC)c1OC. The number of ether oxygens (including phenoxy) is 3. The van der Waals surface area contributed by atoms with E-state index in [1.807, 2.05) is 13.8 Å². The first-order valence-electron chi connectivity index (χ1n) is 7.73. The Bertz CT molecular complexity index is 485. The summed E-state index contributed by atoms with van der Waals surface area (Å²) in [6, 6.07) is 2.48. The highest BCUT2D eigenvalue weighted by Gasteiger charge is 2.18. The van der Waals surface area contributed by atoms with E-state index < -0.39 is 11.9 Å². The van der Waals surface area contributed by atoms with E-state index in [4.69, 9.17) is 19.3 Å². The van der Waals surface area contributed by atoms with Crippen LogP contribution >= 0.6 is 12.6 Å². The normalized spacial score (nSPS) is 10.1. The summed E-state index contributed by atoms with van der Waals surface area (Å²) >= 11 is 4.05. The molecule has 8 heteroatoms. The molecule has 0 heterocycles. The van der Waals surface area contributed by atoms with Gasteiger partial charge in [-0.25, -0.2) is 0 Å². The second-order valence-corrected chi connectivity index (χ2v) is 4.59. The van der Waals surface area contributed by atoms with Crippen LogP contribution in [0.3, 0.4) is 0 Å². The number of aliphatic hydroxyl groups excluding tert-OH is 1. The molecule has 0 bridgehead atoms. The molecule has 0 radical (unpaired) electrons. The summed E-state index contributed by atoms with van der Waals surface area (Å²) in [5.74, 6) is 1.25. The second-order valence-electron chi connectivity index (χ2n) is 4.14. The van der Waals surface area contributed by atoms with E-state index in [0.717, 1.165) is 7.11 Å². The van der Waals surface area contributed by atoms with Gasteiger partial charge in [-0.1, -0.05) is 13.8 Å². The highest BCUT2D eigenvalue weighted by Crippen LogP contribution is 2.38. The number of nitrogens with one attached hydrogen (secondary N) is 1. The fraction of sp³-hybridized carbons (Fsp3) is 0.529. The lowest BCUT2D eigenvalue weighted by Gasteiger charge is -2.15. The fourth-order valence-electron chi connectivity index (χ4n) is 1.78. The van der Waals surface area contributed by atoms with E-state index in [2.05, 4.69) is 17.9 Å². The number of benzene rings is 1. The zero-order chi connectivity index (χ0) is 19.8. The van der Waals surface area contributed by atoms with Crippen molar-refractivity contribution in [3.8, 4) is 17.2 Å². The minimum absolute atomic E-state index is 0.315. The minimum Gasteiger partial charge on any atom is -0.493 e. The Morgan fingerprint density at radius 2 is 1.64 bits per heavy atom. The lowest BCUT2D eigenvalue weighted by molar-refractivity contribution is -0.109. The van der Waals surface area contributed by atoms with Crippen LogP contribution in [-0.2, 0) is 4.79 Å². The molecule has 0 aromatic heterocycles. The Balaban J connectivity index is 0. The summed E-state index contributed by atoms with van der Waals surface area (Å²) in [6.45, 7) is 4.00. The van der Waals surface area contributed by atoms with Gasteiger partial charge in [0.1, 0.15) is 6.29 Å². The number of amides is 1. The van der Waals surface area contributed by atoms with Gasteiger partial charge in [0.15, 0.2) is 11.5 Å². The lowest BCUT2D eigenvalue weighted by Crippen LogP contribution is -2.36. The molecule has 0 saturated carbocycles. The molecule has 0 spiro atoms. The molecule has 0 aliphatic rings. The molecule has 1 aromatic rings. The maximum atomic E-state index is 12.2. The number of rotatable bonds is 8. The minimum atomic E-state index is -0.575. The van der Waals surface area contributed by atoms with Gasteiger partial charge in [0.2, 0.25) is 5.75 Å². The largest absolute Gasteiger partial charge is 0.493 e. The standard InChI is InChI=1S/C14H19NO5S.C2H6.CH4O/c1-18-11-6-9(7-12(19-2)13(11)20-3)14(17)15-10(8-16)4-5-21;2*1-2/h6-8,10,21H,4-5H2,1-3H3,(H,15,17);1-2H3;2H,1H3. The van der Waals surface area contributed by atoms with Crippen molar-refractivity contribution in [1.29, 1.82) is 0 Å². The second kappa shape index (κ2) is 15.6. The van der Waals surface area contributed by atoms with Crippen molar-refractivity contribution in [3.63, 3.8) is 0 Å². The number of aldehydes is 1. The molecule has 1 amide bonds. The van der Waals surface area contributed by atoms with Gasteiger partial charge in [0.25, 0.3) is 5.91 Å². The number of thiol groups is 1. The van der Waals surface area contributed by atoms with Gasteiger partial charge in [-0.3, -0.25) is 4.79 Å². The third-order valence-corrected chi connectivity index (χ3v) is 3.11. The third-order valence-electron chi connectivity index (χ3n) is 2.85. The number of carbonyl (C=O) groups is 2. The summed E-state index contributed by atoms with van der Waals surface area (Å²) in [6.07, 6.45) is 1.15. The first-order chi connectivity index (χ1) is 12.1. The first kappa shape index (κ1) is 25.3. The van der Waals surface area contributed by atoms with Gasteiger partial charge in [0, 0.05) is 12.7 Å². The summed E-state index contributed by atoms with van der Waals surface area (Å²) in [4.78, 5) is 23.1. The van der Waals surface area contributed by atoms with Crippen LogP contribution < -0.4 is 19.5 Å². The summed E-state index contributed by atoms with van der Waals surface area (Å²) < 4.78 is 15.5. The summed E-state index contributed by atoms with van der Waals surface area (Å²) in [7, 11) is 5.41. The van der Waals surface area contributed by atoms with Crippen molar-refractivity contribution in [2.24, 2.45) is 0 Å². The van der Waals surface area contributed by atoms with Crippen LogP contribution in [0.25, 0.3) is 0 Å². The van der Waals surface area contributed by atoms with Crippen LogP contribution in [0.5, 0.6) is 17.2 Å². The van der Waals surface area contributed by atoms with E-state index in [9.17, 15) is 9.59 Å². The van der Waals surface area contributed by atoms with Crippen LogP contribution in [0.1, 0.15) is 30.6 Å². The van der Waals surface area contributed by atoms with Crippen LogP contribution in [0, 0.1) is 0 Å². The first-order valence-corrected chi connectivity index (χ1v) is 8.36. The van der Waals surface area contributed by atoms with Crippen molar-refractivity contribution in [3.05, 3.63) is 17.7 Å². The quantitative estimate of drug-likeness (QED) is 0.475. The van der Waals surface area contributed by atoms with Gasteiger partial charge in [-0.2, -0.15) is 12.6 Å². The monoisotopic (exact) mass is 375 g/mol. The van der Waals surface area contributed by atoms with E-state index in [1.54, 1.807) is 0 Å². The molecule has 25 heavy (non-hydrogen) atoms. The maximum absolute atomic E-state index is 12.2. The smallest absolute Gasteiger partial charge is 0.252 e. The lowest BCUT2D eigenvalue weighted by atomic mass is 10.1. The Labute approximate surface area is 155 Å². The Hall–Kier alpha value is -1.93. The third kappa shape index (κ3) is 8.13. The van der Waals surface area contributed by atoms with Crippen molar-refractivity contribution in [1.82, 2.24) is 5.32 Å². The molecule has 144 valence electrons. The highest BCUT2D eigenvalue weighted by atomic mass is 32.1. The van der Waals surface area contributed by atoms with Gasteiger partial charge in [0.05, 0.1) is 27.4 Å². The van der Waals surface area contributed by atoms with E-state index in [-0.39, 0.29) is 0 Å². The van der Waals surface area contributed by atoms with E-state index in [1.165, 1.54) is 33.5 Å². The number of hydrogen-bond donors (Lipinski definition) is 3. The summed E-state index contributed by atoms with van der Waals surface area (Å²) in [5, 5.41) is 9.62. The van der Waals surface area contributed by atoms with E-state index in [0.29, 0.717) is 41.3 Å². The number of hydrogen-bond acceptors (Lipinski definition) is 7. The Morgan fingerprint density at radius 3 is 1.96 bits per heavy atom. The van der Waals surface area contributed by atoms with Crippen LogP contribution in [0.15, 0.2) is 12.1 Å². The Kier molecular flexibility index (Phi) is 15.8. The molecular weight excluding hydrogens is 346 g/mol. The molecule has 1 atom stereocenters. The number of aliphatic hydroxyl groups is 1. The molecular formula is C17H29NO6S. The van der Waals surface area contributed by atoms with Gasteiger partial charge < -0.3 is 29.4 Å². The van der Waals surface area contributed by atoms with Crippen molar-refractivity contribution < 1.29 is 28.9 Å². The zero-order valence-electron chi connectivity index (χ0n) is 15.7. The zero-order valence-corrected chi connectivity index (χ0v) is 16.6. The predicted octanol–water partition coefficient (Wildman–Crippen LogP) is 1.96. The van der Waals surface area contributed by atoms with Crippen LogP contribution in [0.2, 0.25) is 0 Å². The molecule has 2 N–H and O–H groups in total. The molecule has 1 unspecified atom stereocenters. The van der Waals surface area contributed by atoms with Gasteiger partial charge >= 0.3 is 0 Å². The molecule has 0 fully saturated rings. The molecule has 1 rings (SSSR count). The molecule has 0 aliphatic heterocycles. The molecule has 0 aliphatic carbocycles. The predicted molar refractivity (Wildman–Crippen MR) is 101 cm³/mol. The van der Waals surface area contributed by atoms with Gasteiger partial charge in [-0.15, -0.1) is 0 Å². The van der Waals surface area contributed by atoms with E-state index >= 15 is 0 Å². The van der Waals surface area contributed by atoms with Crippen molar-refractivity contribution >= 4 is 24.8 Å². The topological polar surface area (TPSA) is 94.1 Å². The number of carbonyl (C=O) groups excluding carboxylic acids is 2. The highest BCUT2D eigenvalue weighted by molar-refractivity contribution is 7.80. The fourth-order valence-corrected chi connectivity index (χ4v) is 2.06. The van der Waals surface area contributed by atoms with Gasteiger partial charge in [-0.05, 0) is 24.3 Å². The van der Waals surface area contributed by atoms with Crippen LogP contribution in [-0.4, -0.2) is 57.5 Å². The molecule has 7 nitrogen and oxygen atoms in total. The Morgan fingerprint density at radius 1 is 1.16 bits per heavy atom. The maximum Gasteiger partial charge on any atom is 0.252 e. The average molecular weight is 375 g/mol. The summed E-state index contributed by atoms with van der Waals surface area (Å²) in [5.41, 5.74) is 0.315. The average Bonchev–Trinajstić information content (AvgIpc) is 2.69. The van der Waals surface area contributed by atoms with Crippen molar-refractivity contribution in [2.75, 3.05) is 34.2 Å². The van der Waals surface area contributed by atoms with Crippen LogP contribution in [0.4, 0.5) is 0 Å². The molecule has 1 aromatic carbocycles. The van der Waals surface area contributed by atoms with Crippen molar-refractivity contribution in [2.45, 2.75) is 26.3 Å². The molecule has 0 saturated heterocycles. The number of methoxy groups -OCH3 is 3.